The molecule has 0 bridgehead atoms. The number of anilines is 1. The number of benzene rings is 1. The topological polar surface area (TPSA) is 47.0 Å². The molecule has 0 aliphatic heterocycles. The molecular formula is C17H17F4N3O. The van der Waals surface area contributed by atoms with E-state index in [-0.39, 0.29) is 24.6 Å². The van der Waals surface area contributed by atoms with Crippen LogP contribution in [0, 0.1) is 0 Å². The maximum atomic E-state index is 13.1. The van der Waals surface area contributed by atoms with E-state index in [1.807, 2.05) is 0 Å². The van der Waals surface area contributed by atoms with E-state index in [9.17, 15) is 17.6 Å². The van der Waals surface area contributed by atoms with E-state index in [1.54, 1.807) is 24.5 Å². The number of aromatic nitrogens is 2. The molecule has 1 saturated carbocycles. The molecule has 4 nitrogen and oxygen atoms in total. The van der Waals surface area contributed by atoms with Gasteiger partial charge in [-0.25, -0.2) is 18.7 Å². The first kappa shape index (κ1) is 17.4. The van der Waals surface area contributed by atoms with Gasteiger partial charge in [-0.3, -0.25) is 0 Å². The standard InChI is InChI=1S/C17H17F4N3O/c18-15(19)25-14-3-1-11(2-4-14)12-9-22-16(23-10-12)24-13-5-7-17(20,21)8-6-13/h1-4,9-10,13,15H,5-8H2,(H,22,23,24). The Labute approximate surface area is 142 Å². The Kier molecular flexibility index (Phi) is 5.06. The summed E-state index contributed by atoms with van der Waals surface area (Å²) in [5.41, 5.74) is 1.47. The Morgan fingerprint density at radius 2 is 1.60 bits per heavy atom. The summed E-state index contributed by atoms with van der Waals surface area (Å²) in [7, 11) is 0. The molecule has 0 radical (unpaired) electrons. The Morgan fingerprint density at radius 1 is 1.00 bits per heavy atom. The summed E-state index contributed by atoms with van der Waals surface area (Å²) in [4.78, 5) is 8.39. The molecule has 2 aromatic rings. The van der Waals surface area contributed by atoms with E-state index in [0.717, 1.165) is 5.56 Å². The van der Waals surface area contributed by atoms with Crippen molar-refractivity contribution in [1.29, 1.82) is 0 Å². The highest BCUT2D eigenvalue weighted by Gasteiger charge is 2.34. The van der Waals surface area contributed by atoms with Gasteiger partial charge in [0, 0.05) is 36.8 Å². The Hall–Kier alpha value is -2.38. The molecule has 134 valence electrons. The molecular weight excluding hydrogens is 338 g/mol. The molecule has 0 atom stereocenters. The molecule has 1 heterocycles. The van der Waals surface area contributed by atoms with Crippen molar-refractivity contribution in [3.8, 4) is 16.9 Å². The number of nitrogens with zero attached hydrogens (tertiary/aromatic N) is 2. The third kappa shape index (κ3) is 4.80. The van der Waals surface area contributed by atoms with Gasteiger partial charge in [0.15, 0.2) is 0 Å². The van der Waals surface area contributed by atoms with Gasteiger partial charge in [-0.05, 0) is 30.5 Å². The zero-order chi connectivity index (χ0) is 17.9. The van der Waals surface area contributed by atoms with Crippen LogP contribution < -0.4 is 10.1 Å². The molecule has 25 heavy (non-hydrogen) atoms. The van der Waals surface area contributed by atoms with Crippen molar-refractivity contribution < 1.29 is 22.3 Å². The number of nitrogens with one attached hydrogen (secondary N) is 1. The SMILES string of the molecule is FC(F)Oc1ccc(-c2cnc(NC3CCC(F)(F)CC3)nc2)cc1. The lowest BCUT2D eigenvalue weighted by atomic mass is 9.92. The van der Waals surface area contributed by atoms with Crippen molar-refractivity contribution in [2.24, 2.45) is 0 Å². The summed E-state index contributed by atoms with van der Waals surface area (Å²) in [6.07, 6.45) is 3.68. The molecule has 1 N–H and O–H groups in total. The third-order valence-corrected chi connectivity index (χ3v) is 4.11. The average molecular weight is 355 g/mol. The smallest absolute Gasteiger partial charge is 0.387 e. The quantitative estimate of drug-likeness (QED) is 0.788. The number of halogens is 4. The molecule has 0 amide bonds. The Morgan fingerprint density at radius 3 is 2.16 bits per heavy atom. The van der Waals surface area contributed by atoms with Crippen LogP contribution in [0.15, 0.2) is 36.7 Å². The van der Waals surface area contributed by atoms with E-state index >= 15 is 0 Å². The van der Waals surface area contributed by atoms with Gasteiger partial charge < -0.3 is 10.1 Å². The first-order chi connectivity index (χ1) is 11.9. The van der Waals surface area contributed by atoms with Gasteiger partial charge in [-0.15, -0.1) is 0 Å². The van der Waals surface area contributed by atoms with Gasteiger partial charge in [0.2, 0.25) is 11.9 Å². The van der Waals surface area contributed by atoms with Crippen LogP contribution in [-0.4, -0.2) is 28.5 Å². The molecule has 1 aromatic heterocycles. The molecule has 8 heteroatoms. The van der Waals surface area contributed by atoms with Crippen LogP contribution in [0.1, 0.15) is 25.7 Å². The second kappa shape index (κ2) is 7.25. The van der Waals surface area contributed by atoms with Crippen LogP contribution in [0.5, 0.6) is 5.75 Å². The van der Waals surface area contributed by atoms with Crippen LogP contribution in [0.4, 0.5) is 23.5 Å². The summed E-state index contributed by atoms with van der Waals surface area (Å²) in [5.74, 6) is -2.10. The average Bonchev–Trinajstić information content (AvgIpc) is 2.58. The summed E-state index contributed by atoms with van der Waals surface area (Å²) in [6.45, 7) is -2.86. The van der Waals surface area contributed by atoms with Crippen LogP contribution in [-0.2, 0) is 0 Å². The van der Waals surface area contributed by atoms with Crippen molar-refractivity contribution in [3.63, 3.8) is 0 Å². The van der Waals surface area contributed by atoms with Gasteiger partial charge in [0.05, 0.1) is 0 Å². The minimum atomic E-state index is -2.86. The fraction of sp³-hybridized carbons (Fsp3) is 0.412. The van der Waals surface area contributed by atoms with Crippen molar-refractivity contribution >= 4 is 5.95 Å². The summed E-state index contributed by atoms with van der Waals surface area (Å²) >= 11 is 0. The molecule has 3 rings (SSSR count). The lowest BCUT2D eigenvalue weighted by molar-refractivity contribution is -0.0498. The predicted octanol–water partition coefficient (Wildman–Crippen LogP) is 4.73. The lowest BCUT2D eigenvalue weighted by Crippen LogP contribution is -2.32. The normalized spacial score (nSPS) is 17.5. The number of hydrogen-bond donors (Lipinski definition) is 1. The van der Waals surface area contributed by atoms with E-state index in [1.165, 1.54) is 12.1 Å². The van der Waals surface area contributed by atoms with Crippen LogP contribution >= 0.6 is 0 Å². The molecule has 0 spiro atoms. The molecule has 1 aliphatic carbocycles. The zero-order valence-corrected chi connectivity index (χ0v) is 13.3. The van der Waals surface area contributed by atoms with Gasteiger partial charge in [0.25, 0.3) is 0 Å². The lowest BCUT2D eigenvalue weighted by Gasteiger charge is -2.28. The molecule has 0 saturated heterocycles. The molecule has 0 unspecified atom stereocenters. The molecule has 1 aliphatic rings. The Balaban J connectivity index is 1.60. The van der Waals surface area contributed by atoms with Crippen molar-refractivity contribution in [3.05, 3.63) is 36.7 Å². The van der Waals surface area contributed by atoms with Crippen LogP contribution in [0.3, 0.4) is 0 Å². The first-order valence-corrected chi connectivity index (χ1v) is 7.93. The third-order valence-electron chi connectivity index (χ3n) is 4.11. The second-order valence-corrected chi connectivity index (χ2v) is 5.97. The predicted molar refractivity (Wildman–Crippen MR) is 84.9 cm³/mol. The van der Waals surface area contributed by atoms with Gasteiger partial charge >= 0.3 is 6.61 Å². The molecule has 1 fully saturated rings. The molecule has 1 aromatic carbocycles. The van der Waals surface area contributed by atoms with E-state index < -0.39 is 12.5 Å². The fourth-order valence-electron chi connectivity index (χ4n) is 2.75. The minimum absolute atomic E-state index is 0.0590. The van der Waals surface area contributed by atoms with Crippen molar-refractivity contribution in [2.75, 3.05) is 5.32 Å². The number of rotatable bonds is 5. The Bertz CT molecular complexity index is 682. The van der Waals surface area contributed by atoms with Crippen LogP contribution in [0.2, 0.25) is 0 Å². The van der Waals surface area contributed by atoms with Gasteiger partial charge in [0.1, 0.15) is 5.75 Å². The maximum absolute atomic E-state index is 13.1. The largest absolute Gasteiger partial charge is 0.435 e. The van der Waals surface area contributed by atoms with E-state index in [0.29, 0.717) is 24.4 Å². The van der Waals surface area contributed by atoms with E-state index in [4.69, 9.17) is 0 Å². The van der Waals surface area contributed by atoms with Crippen LogP contribution in [0.25, 0.3) is 11.1 Å². The second-order valence-electron chi connectivity index (χ2n) is 5.97. The number of alkyl halides is 4. The van der Waals surface area contributed by atoms with Gasteiger partial charge in [-0.1, -0.05) is 12.1 Å². The van der Waals surface area contributed by atoms with Crippen molar-refractivity contribution in [1.82, 2.24) is 9.97 Å². The first-order valence-electron chi connectivity index (χ1n) is 7.93. The number of ether oxygens (including phenoxy) is 1. The van der Waals surface area contributed by atoms with E-state index in [2.05, 4.69) is 20.0 Å². The maximum Gasteiger partial charge on any atom is 0.387 e. The monoisotopic (exact) mass is 355 g/mol. The van der Waals surface area contributed by atoms with Crippen molar-refractivity contribution in [2.45, 2.75) is 44.3 Å². The summed E-state index contributed by atoms with van der Waals surface area (Å²) < 4.78 is 54.9. The summed E-state index contributed by atoms with van der Waals surface area (Å²) in [5, 5.41) is 3.07. The fourth-order valence-corrected chi connectivity index (χ4v) is 2.75. The van der Waals surface area contributed by atoms with Gasteiger partial charge in [-0.2, -0.15) is 8.78 Å². The minimum Gasteiger partial charge on any atom is -0.435 e. The highest BCUT2D eigenvalue weighted by Crippen LogP contribution is 2.34. The highest BCUT2D eigenvalue weighted by atomic mass is 19.3. The number of hydrogen-bond acceptors (Lipinski definition) is 4. The highest BCUT2D eigenvalue weighted by molar-refractivity contribution is 5.62. The zero-order valence-electron chi connectivity index (χ0n) is 13.3. The summed E-state index contributed by atoms with van der Waals surface area (Å²) in [6, 6.07) is 6.08.